The van der Waals surface area contributed by atoms with Crippen LogP contribution < -0.4 is 20.7 Å². The number of aromatic nitrogens is 1. The lowest BCUT2D eigenvalue weighted by Crippen LogP contribution is -2.15. The van der Waals surface area contributed by atoms with Crippen molar-refractivity contribution in [2.45, 2.75) is 25.7 Å². The Labute approximate surface area is 128 Å². The molecule has 0 unspecified atom stereocenters. The number of ether oxygens (including phenoxy) is 2. The lowest BCUT2D eigenvalue weighted by Gasteiger charge is -2.22. The summed E-state index contributed by atoms with van der Waals surface area (Å²) in [5.41, 5.74) is 6.57. The molecule has 0 saturated heterocycles. The number of halogens is 1. The highest BCUT2D eigenvalue weighted by atomic mass is 35.5. The maximum atomic E-state index is 6.48. The topological polar surface area (TPSA) is 69.4 Å². The number of anilines is 1. The van der Waals surface area contributed by atoms with E-state index in [1.807, 2.05) is 0 Å². The molecule has 0 spiro atoms. The predicted molar refractivity (Wildman–Crippen MR) is 84.3 cm³/mol. The molecular formula is C15H18ClN3O2. The van der Waals surface area contributed by atoms with Gasteiger partial charge in [-0.25, -0.2) is 4.98 Å². The van der Waals surface area contributed by atoms with Crippen LogP contribution in [0.3, 0.4) is 0 Å². The van der Waals surface area contributed by atoms with E-state index in [9.17, 15) is 0 Å². The molecule has 112 valence electrons. The van der Waals surface area contributed by atoms with Crippen molar-refractivity contribution in [2.75, 3.05) is 19.6 Å². The number of nitrogens with two attached hydrogens (primary N) is 1. The smallest absolute Gasteiger partial charge is 0.148 e. The first-order valence-electron chi connectivity index (χ1n) is 6.93. The van der Waals surface area contributed by atoms with Crippen LogP contribution in [-0.4, -0.2) is 19.2 Å². The molecule has 21 heavy (non-hydrogen) atoms. The fraction of sp³-hybridized carbons (Fsp3) is 0.400. The third-order valence-corrected chi connectivity index (χ3v) is 4.36. The van der Waals surface area contributed by atoms with E-state index < -0.39 is 0 Å². The maximum absolute atomic E-state index is 6.48. The number of nitrogens with one attached hydrogen (secondary N) is 1. The average Bonchev–Trinajstić information content (AvgIpc) is 2.53. The van der Waals surface area contributed by atoms with E-state index in [0.717, 1.165) is 53.5 Å². The van der Waals surface area contributed by atoms with Gasteiger partial charge in [-0.2, -0.15) is 0 Å². The standard InChI is InChI=1S/C15H18ClN3O2/c1-20-10-7-11(21-2)15-12(13(10)16)14(19-17)8-5-3-4-6-9(8)18-15/h7H,3-6,17H2,1-2H3,(H,18,19). The fourth-order valence-corrected chi connectivity index (χ4v) is 3.29. The van der Waals surface area contributed by atoms with Gasteiger partial charge >= 0.3 is 0 Å². The van der Waals surface area contributed by atoms with Crippen molar-refractivity contribution < 1.29 is 9.47 Å². The number of hydrazine groups is 1. The molecule has 6 heteroatoms. The van der Waals surface area contributed by atoms with Crippen molar-refractivity contribution in [1.82, 2.24) is 4.98 Å². The van der Waals surface area contributed by atoms with Crippen LogP contribution in [-0.2, 0) is 12.8 Å². The second-order valence-electron chi connectivity index (χ2n) is 5.08. The van der Waals surface area contributed by atoms with Gasteiger partial charge < -0.3 is 14.9 Å². The minimum absolute atomic E-state index is 0.502. The van der Waals surface area contributed by atoms with Crippen molar-refractivity contribution in [3.63, 3.8) is 0 Å². The Bertz CT molecular complexity index is 703. The normalized spacial score (nSPS) is 13.9. The monoisotopic (exact) mass is 307 g/mol. The van der Waals surface area contributed by atoms with Crippen LogP contribution >= 0.6 is 11.6 Å². The van der Waals surface area contributed by atoms with Crippen LogP contribution in [0.25, 0.3) is 10.9 Å². The molecule has 1 aromatic carbocycles. The van der Waals surface area contributed by atoms with Gasteiger partial charge in [0.05, 0.1) is 30.3 Å². The van der Waals surface area contributed by atoms with E-state index in [-0.39, 0.29) is 0 Å². The highest BCUT2D eigenvalue weighted by Crippen LogP contribution is 2.44. The van der Waals surface area contributed by atoms with Gasteiger partial charge in [-0.1, -0.05) is 11.6 Å². The summed E-state index contributed by atoms with van der Waals surface area (Å²) in [4.78, 5) is 4.77. The zero-order valence-corrected chi connectivity index (χ0v) is 12.9. The van der Waals surface area contributed by atoms with Gasteiger partial charge in [-0.3, -0.25) is 5.84 Å². The van der Waals surface area contributed by atoms with Crippen molar-refractivity contribution in [1.29, 1.82) is 0 Å². The van der Waals surface area contributed by atoms with Crippen LogP contribution in [0.1, 0.15) is 24.1 Å². The van der Waals surface area contributed by atoms with Gasteiger partial charge in [0, 0.05) is 11.8 Å². The zero-order chi connectivity index (χ0) is 15.0. The summed E-state index contributed by atoms with van der Waals surface area (Å²) < 4.78 is 10.8. The zero-order valence-electron chi connectivity index (χ0n) is 12.1. The first kappa shape index (κ1) is 14.2. The Morgan fingerprint density at radius 3 is 2.57 bits per heavy atom. The lowest BCUT2D eigenvalue weighted by atomic mass is 9.92. The number of aryl methyl sites for hydroxylation is 1. The Morgan fingerprint density at radius 2 is 1.90 bits per heavy atom. The van der Waals surface area contributed by atoms with Gasteiger partial charge in [0.2, 0.25) is 0 Å². The third kappa shape index (κ3) is 2.17. The number of nitrogens with zero attached hydrogens (tertiary/aromatic N) is 1. The molecule has 1 aliphatic carbocycles. The van der Waals surface area contributed by atoms with Gasteiger partial charge in [-0.15, -0.1) is 0 Å². The van der Waals surface area contributed by atoms with E-state index in [1.54, 1.807) is 20.3 Å². The number of methoxy groups -OCH3 is 2. The Kier molecular flexibility index (Phi) is 3.78. The van der Waals surface area contributed by atoms with E-state index in [0.29, 0.717) is 16.5 Å². The summed E-state index contributed by atoms with van der Waals surface area (Å²) in [6.45, 7) is 0. The number of hydrogen-bond donors (Lipinski definition) is 2. The van der Waals surface area contributed by atoms with Crippen LogP contribution in [0, 0.1) is 0 Å². The van der Waals surface area contributed by atoms with Crippen LogP contribution in [0.4, 0.5) is 5.69 Å². The molecular weight excluding hydrogens is 290 g/mol. The van der Waals surface area contributed by atoms with Gasteiger partial charge in [-0.05, 0) is 31.2 Å². The molecule has 0 radical (unpaired) electrons. The van der Waals surface area contributed by atoms with E-state index >= 15 is 0 Å². The molecule has 3 N–H and O–H groups in total. The quantitative estimate of drug-likeness (QED) is 0.673. The van der Waals surface area contributed by atoms with Crippen LogP contribution in [0.15, 0.2) is 6.07 Å². The first-order valence-corrected chi connectivity index (χ1v) is 7.31. The molecule has 0 atom stereocenters. The summed E-state index contributed by atoms with van der Waals surface area (Å²) in [7, 11) is 3.19. The molecule has 0 fully saturated rings. The highest BCUT2D eigenvalue weighted by Gasteiger charge is 2.23. The minimum atomic E-state index is 0.502. The van der Waals surface area contributed by atoms with Gasteiger partial charge in [0.1, 0.15) is 17.0 Å². The summed E-state index contributed by atoms with van der Waals surface area (Å²) in [6.07, 6.45) is 4.18. The number of rotatable bonds is 3. The number of benzene rings is 1. The lowest BCUT2D eigenvalue weighted by molar-refractivity contribution is 0.397. The number of pyridine rings is 1. The highest BCUT2D eigenvalue weighted by molar-refractivity contribution is 6.38. The van der Waals surface area contributed by atoms with Crippen molar-refractivity contribution in [3.05, 3.63) is 22.3 Å². The Morgan fingerprint density at radius 1 is 1.19 bits per heavy atom. The average molecular weight is 308 g/mol. The molecule has 0 bridgehead atoms. The Balaban J connectivity index is 2.44. The van der Waals surface area contributed by atoms with E-state index in [4.69, 9.17) is 31.9 Å². The molecule has 2 aromatic rings. The minimum Gasteiger partial charge on any atom is -0.495 e. The molecule has 1 aromatic heterocycles. The maximum Gasteiger partial charge on any atom is 0.148 e. The van der Waals surface area contributed by atoms with Crippen LogP contribution in [0.2, 0.25) is 5.02 Å². The number of fused-ring (bicyclic) bond motifs is 2. The van der Waals surface area contributed by atoms with Crippen molar-refractivity contribution in [2.24, 2.45) is 5.84 Å². The predicted octanol–water partition coefficient (Wildman–Crippen LogP) is 3.07. The Hall–Kier alpha value is -1.72. The van der Waals surface area contributed by atoms with E-state index in [2.05, 4.69) is 5.43 Å². The van der Waals surface area contributed by atoms with Gasteiger partial charge in [0.15, 0.2) is 0 Å². The summed E-state index contributed by atoms with van der Waals surface area (Å²) in [5, 5.41) is 1.26. The molecule has 1 heterocycles. The van der Waals surface area contributed by atoms with Crippen molar-refractivity contribution in [3.8, 4) is 11.5 Å². The van der Waals surface area contributed by atoms with Crippen LogP contribution in [0.5, 0.6) is 11.5 Å². The second-order valence-corrected chi connectivity index (χ2v) is 5.46. The third-order valence-electron chi connectivity index (χ3n) is 3.99. The summed E-state index contributed by atoms with van der Waals surface area (Å²) in [5.74, 6) is 6.96. The first-order chi connectivity index (χ1) is 10.2. The molecule has 1 aliphatic rings. The SMILES string of the molecule is COc1cc(OC)c2nc3c(c(NN)c2c1Cl)CCCC3. The van der Waals surface area contributed by atoms with Gasteiger partial charge in [0.25, 0.3) is 0 Å². The number of nitrogen functional groups attached to an aromatic ring is 1. The summed E-state index contributed by atoms with van der Waals surface area (Å²) >= 11 is 6.48. The number of hydrogen-bond acceptors (Lipinski definition) is 5. The second kappa shape index (κ2) is 5.58. The largest absolute Gasteiger partial charge is 0.495 e. The molecule has 0 amide bonds. The van der Waals surface area contributed by atoms with E-state index in [1.165, 1.54) is 0 Å². The fourth-order valence-electron chi connectivity index (χ4n) is 2.97. The molecule has 3 rings (SSSR count). The van der Waals surface area contributed by atoms with Crippen molar-refractivity contribution >= 4 is 28.2 Å². The molecule has 0 saturated carbocycles. The summed E-state index contributed by atoms with van der Waals surface area (Å²) in [6, 6.07) is 1.76. The molecule has 0 aliphatic heterocycles. The molecule has 5 nitrogen and oxygen atoms in total.